The second-order valence-corrected chi connectivity index (χ2v) is 8.35. The third-order valence-electron chi connectivity index (χ3n) is 6.07. The van der Waals surface area contributed by atoms with Gasteiger partial charge in [-0.3, -0.25) is 9.59 Å². The van der Waals surface area contributed by atoms with E-state index >= 15 is 0 Å². The van der Waals surface area contributed by atoms with Crippen molar-refractivity contribution in [2.75, 3.05) is 32.8 Å². The van der Waals surface area contributed by atoms with E-state index in [0.29, 0.717) is 42.8 Å². The zero-order valence-electron chi connectivity index (χ0n) is 14.9. The maximum absolute atomic E-state index is 13.0. The number of hydrogen-bond acceptors (Lipinski definition) is 3. The maximum Gasteiger partial charge on any atom is 0.253 e. The van der Waals surface area contributed by atoms with Crippen LogP contribution in [-0.2, 0) is 9.53 Å². The molecular weight excluding hydrogens is 352 g/mol. The molecule has 1 spiro atoms. The smallest absolute Gasteiger partial charge is 0.253 e. The number of carbonyl (C=O) groups excluding carboxylic acids is 2. The van der Waals surface area contributed by atoms with Gasteiger partial charge in [0, 0.05) is 48.8 Å². The minimum absolute atomic E-state index is 0.0455. The van der Waals surface area contributed by atoms with E-state index in [1.54, 1.807) is 24.3 Å². The summed E-state index contributed by atoms with van der Waals surface area (Å²) >= 11 is 6.04. The van der Waals surface area contributed by atoms with Crippen molar-refractivity contribution in [2.24, 2.45) is 17.3 Å². The Balaban J connectivity index is 1.52. The van der Waals surface area contributed by atoms with Crippen LogP contribution in [0.1, 0.15) is 36.0 Å². The van der Waals surface area contributed by atoms with Crippen LogP contribution in [0.4, 0.5) is 0 Å². The topological polar surface area (TPSA) is 58.6 Å². The van der Waals surface area contributed by atoms with Crippen LogP contribution < -0.4 is 5.32 Å². The molecule has 2 saturated heterocycles. The van der Waals surface area contributed by atoms with Gasteiger partial charge < -0.3 is 15.0 Å². The lowest BCUT2D eigenvalue weighted by Crippen LogP contribution is -2.44. The van der Waals surface area contributed by atoms with Crippen LogP contribution >= 0.6 is 11.6 Å². The molecule has 2 amide bonds. The van der Waals surface area contributed by atoms with Crippen molar-refractivity contribution in [2.45, 2.75) is 25.7 Å². The molecule has 1 aliphatic carbocycles. The first-order valence-corrected chi connectivity index (χ1v) is 9.85. The van der Waals surface area contributed by atoms with E-state index in [0.717, 1.165) is 19.4 Å². The normalized spacial score (nSPS) is 24.7. The first-order valence-electron chi connectivity index (χ1n) is 9.48. The molecule has 1 N–H and O–H groups in total. The predicted molar refractivity (Wildman–Crippen MR) is 99.1 cm³/mol. The molecule has 6 heteroatoms. The van der Waals surface area contributed by atoms with Crippen LogP contribution in [0.25, 0.3) is 0 Å². The molecule has 0 unspecified atom stereocenters. The lowest BCUT2D eigenvalue weighted by molar-refractivity contribution is -0.129. The molecule has 2 heterocycles. The van der Waals surface area contributed by atoms with Crippen molar-refractivity contribution < 1.29 is 14.3 Å². The highest BCUT2D eigenvalue weighted by Gasteiger charge is 2.51. The molecule has 1 saturated carbocycles. The summed E-state index contributed by atoms with van der Waals surface area (Å²) in [5, 5.41) is 3.68. The van der Waals surface area contributed by atoms with Gasteiger partial charge in [-0.05, 0) is 49.8 Å². The first-order chi connectivity index (χ1) is 12.6. The Labute approximate surface area is 159 Å². The van der Waals surface area contributed by atoms with Crippen molar-refractivity contribution in [1.29, 1.82) is 0 Å². The van der Waals surface area contributed by atoms with Gasteiger partial charge in [0.1, 0.15) is 0 Å². The summed E-state index contributed by atoms with van der Waals surface area (Å²) in [6, 6.07) is 7.03. The Morgan fingerprint density at radius 2 is 2.04 bits per heavy atom. The predicted octanol–water partition coefficient (Wildman–Crippen LogP) is 2.74. The Bertz CT molecular complexity index is 698. The molecule has 3 fully saturated rings. The van der Waals surface area contributed by atoms with E-state index in [4.69, 9.17) is 16.3 Å². The van der Waals surface area contributed by atoms with E-state index in [1.807, 2.05) is 4.90 Å². The summed E-state index contributed by atoms with van der Waals surface area (Å²) in [5.74, 6) is 0.541. The molecule has 1 aromatic rings. The van der Waals surface area contributed by atoms with Crippen LogP contribution in [0, 0.1) is 17.3 Å². The summed E-state index contributed by atoms with van der Waals surface area (Å²) in [4.78, 5) is 27.7. The second kappa shape index (κ2) is 7.20. The van der Waals surface area contributed by atoms with Crippen molar-refractivity contribution in [1.82, 2.24) is 10.2 Å². The van der Waals surface area contributed by atoms with Crippen molar-refractivity contribution >= 4 is 23.4 Å². The minimum Gasteiger partial charge on any atom is -0.381 e. The van der Waals surface area contributed by atoms with Gasteiger partial charge in [0.2, 0.25) is 5.91 Å². The molecule has 3 aliphatic rings. The summed E-state index contributed by atoms with van der Waals surface area (Å²) < 4.78 is 5.54. The van der Waals surface area contributed by atoms with Crippen LogP contribution in [0.5, 0.6) is 0 Å². The summed E-state index contributed by atoms with van der Waals surface area (Å²) in [6.07, 6.45) is 4.08. The second-order valence-electron chi connectivity index (χ2n) is 7.91. The van der Waals surface area contributed by atoms with E-state index in [9.17, 15) is 9.59 Å². The third-order valence-corrected chi connectivity index (χ3v) is 6.31. The van der Waals surface area contributed by atoms with Crippen molar-refractivity contribution in [3.63, 3.8) is 0 Å². The van der Waals surface area contributed by atoms with Gasteiger partial charge in [-0.15, -0.1) is 0 Å². The lowest BCUT2D eigenvalue weighted by atomic mass is 9.71. The average molecular weight is 377 g/mol. The number of benzene rings is 1. The van der Waals surface area contributed by atoms with Gasteiger partial charge >= 0.3 is 0 Å². The fourth-order valence-corrected chi connectivity index (χ4v) is 4.45. The Kier molecular flexibility index (Phi) is 4.93. The SMILES string of the molecule is O=C(NCC1CC1)[C@H]1CN(C(=O)c2cccc(Cl)c2)CC12CCOCC2. The van der Waals surface area contributed by atoms with Gasteiger partial charge in [0.15, 0.2) is 0 Å². The lowest BCUT2D eigenvalue weighted by Gasteiger charge is -2.37. The van der Waals surface area contributed by atoms with Crippen LogP contribution in [0.3, 0.4) is 0 Å². The van der Waals surface area contributed by atoms with Gasteiger partial charge in [-0.1, -0.05) is 17.7 Å². The number of rotatable bonds is 4. The molecule has 140 valence electrons. The number of hydrogen-bond donors (Lipinski definition) is 1. The van der Waals surface area contributed by atoms with Gasteiger partial charge in [-0.25, -0.2) is 0 Å². The fraction of sp³-hybridized carbons (Fsp3) is 0.600. The minimum atomic E-state index is -0.167. The van der Waals surface area contributed by atoms with Gasteiger partial charge in [0.25, 0.3) is 5.91 Å². The molecule has 0 bridgehead atoms. The first kappa shape index (κ1) is 17.8. The highest BCUT2D eigenvalue weighted by molar-refractivity contribution is 6.30. The Hall–Kier alpha value is -1.59. The maximum atomic E-state index is 13.0. The molecule has 5 nitrogen and oxygen atoms in total. The fourth-order valence-electron chi connectivity index (χ4n) is 4.26. The van der Waals surface area contributed by atoms with E-state index in [-0.39, 0.29) is 23.1 Å². The Morgan fingerprint density at radius 1 is 1.27 bits per heavy atom. The summed E-state index contributed by atoms with van der Waals surface area (Å²) in [7, 11) is 0. The largest absolute Gasteiger partial charge is 0.381 e. The number of carbonyl (C=O) groups is 2. The molecule has 2 aliphatic heterocycles. The molecular formula is C20H25ClN2O3. The number of halogens is 1. The standard InChI is InChI=1S/C20H25ClN2O3/c21-16-3-1-2-15(10-16)19(25)23-12-17(18(24)22-11-14-4-5-14)20(13-23)6-8-26-9-7-20/h1-3,10,14,17H,4-9,11-13H2,(H,22,24)/t17-/m1/s1. The van der Waals surface area contributed by atoms with E-state index in [1.165, 1.54) is 12.8 Å². The monoisotopic (exact) mass is 376 g/mol. The Morgan fingerprint density at radius 3 is 2.73 bits per heavy atom. The van der Waals surface area contributed by atoms with Gasteiger partial charge in [-0.2, -0.15) is 0 Å². The molecule has 1 atom stereocenters. The van der Waals surface area contributed by atoms with E-state index in [2.05, 4.69) is 5.32 Å². The van der Waals surface area contributed by atoms with Gasteiger partial charge in [0.05, 0.1) is 5.92 Å². The molecule has 26 heavy (non-hydrogen) atoms. The number of ether oxygens (including phenoxy) is 1. The molecule has 1 aromatic carbocycles. The number of nitrogens with zero attached hydrogens (tertiary/aromatic N) is 1. The number of amides is 2. The molecule has 4 rings (SSSR count). The number of nitrogens with one attached hydrogen (secondary N) is 1. The van der Waals surface area contributed by atoms with Crippen molar-refractivity contribution in [3.05, 3.63) is 34.9 Å². The quantitative estimate of drug-likeness (QED) is 0.879. The zero-order valence-corrected chi connectivity index (χ0v) is 15.6. The summed E-state index contributed by atoms with van der Waals surface area (Å²) in [5.41, 5.74) is 0.416. The molecule has 0 radical (unpaired) electrons. The van der Waals surface area contributed by atoms with Crippen LogP contribution in [0.15, 0.2) is 24.3 Å². The third kappa shape index (κ3) is 3.60. The molecule has 0 aromatic heterocycles. The van der Waals surface area contributed by atoms with Crippen molar-refractivity contribution in [3.8, 4) is 0 Å². The highest BCUT2D eigenvalue weighted by Crippen LogP contribution is 2.45. The zero-order chi connectivity index (χ0) is 18.1. The van der Waals surface area contributed by atoms with E-state index < -0.39 is 0 Å². The van der Waals surface area contributed by atoms with Crippen LogP contribution in [0.2, 0.25) is 5.02 Å². The number of likely N-dealkylation sites (tertiary alicyclic amines) is 1. The average Bonchev–Trinajstić information content (AvgIpc) is 3.41. The highest BCUT2D eigenvalue weighted by atomic mass is 35.5. The van der Waals surface area contributed by atoms with Crippen LogP contribution in [-0.4, -0.2) is 49.6 Å². The summed E-state index contributed by atoms with van der Waals surface area (Å²) in [6.45, 7) is 3.17.